The van der Waals surface area contributed by atoms with Gasteiger partial charge < -0.3 is 9.84 Å². The Balaban J connectivity index is 3.81. The van der Waals surface area contributed by atoms with Gasteiger partial charge in [0.2, 0.25) is 0 Å². The zero-order chi connectivity index (χ0) is 10.3. The minimum Gasteiger partial charge on any atom is -0.479 e. The summed E-state index contributed by atoms with van der Waals surface area (Å²) in [4.78, 5) is 21.1. The predicted molar refractivity (Wildman–Crippen MR) is 47.3 cm³/mol. The van der Waals surface area contributed by atoms with Crippen molar-refractivity contribution < 1.29 is 19.4 Å². The van der Waals surface area contributed by atoms with Crippen LogP contribution in [0.3, 0.4) is 0 Å². The first-order chi connectivity index (χ1) is 6.07. The Morgan fingerprint density at radius 2 is 2.00 bits per heavy atom. The number of esters is 1. The molecule has 76 valence electrons. The highest BCUT2D eigenvalue weighted by Gasteiger charge is 2.19. The van der Waals surface area contributed by atoms with E-state index in [2.05, 4.69) is 4.74 Å². The molecule has 0 aliphatic carbocycles. The highest BCUT2D eigenvalue weighted by Crippen LogP contribution is 2.07. The van der Waals surface area contributed by atoms with Gasteiger partial charge in [-0.15, -0.1) is 0 Å². The first-order valence-electron chi connectivity index (χ1n) is 4.48. The summed E-state index contributed by atoms with van der Waals surface area (Å²) in [6.07, 6.45) is 2.20. The van der Waals surface area contributed by atoms with Crippen molar-refractivity contribution in [2.45, 2.75) is 45.6 Å². The van der Waals surface area contributed by atoms with E-state index in [4.69, 9.17) is 5.11 Å². The number of rotatable bonds is 6. The fraction of sp³-hybridized carbons (Fsp3) is 0.778. The Kier molecular flexibility index (Phi) is 5.93. The fourth-order valence-electron chi connectivity index (χ4n) is 1.01. The van der Waals surface area contributed by atoms with Crippen molar-refractivity contribution in [1.82, 2.24) is 0 Å². The highest BCUT2D eigenvalue weighted by molar-refractivity contribution is 5.76. The van der Waals surface area contributed by atoms with Crippen LogP contribution in [0.2, 0.25) is 0 Å². The molecule has 0 aromatic heterocycles. The molecule has 0 aliphatic heterocycles. The van der Waals surface area contributed by atoms with Crippen LogP contribution < -0.4 is 0 Å². The summed E-state index contributed by atoms with van der Waals surface area (Å²) in [6, 6.07) is 0. The fourth-order valence-corrected chi connectivity index (χ4v) is 1.01. The minimum atomic E-state index is -1.06. The number of aliphatic carboxylic acids is 1. The lowest BCUT2D eigenvalue weighted by Crippen LogP contribution is -2.25. The van der Waals surface area contributed by atoms with Gasteiger partial charge in [0.1, 0.15) is 0 Å². The summed E-state index contributed by atoms with van der Waals surface area (Å²) in [5, 5.41) is 8.64. The van der Waals surface area contributed by atoms with Crippen LogP contribution in [-0.4, -0.2) is 23.1 Å². The maximum absolute atomic E-state index is 10.6. The van der Waals surface area contributed by atoms with Gasteiger partial charge in [0.25, 0.3) is 0 Å². The van der Waals surface area contributed by atoms with Crippen LogP contribution in [0, 0.1) is 0 Å². The average molecular weight is 188 g/mol. The summed E-state index contributed by atoms with van der Waals surface area (Å²) >= 11 is 0. The number of ether oxygens (including phenoxy) is 1. The molecule has 4 nitrogen and oxygen atoms in total. The van der Waals surface area contributed by atoms with Gasteiger partial charge in [-0.3, -0.25) is 4.79 Å². The summed E-state index contributed by atoms with van der Waals surface area (Å²) in [5.74, 6) is -1.60. The lowest BCUT2D eigenvalue weighted by molar-refractivity contribution is -0.163. The lowest BCUT2D eigenvalue weighted by Gasteiger charge is -2.11. The van der Waals surface area contributed by atoms with Crippen LogP contribution in [0.1, 0.15) is 39.5 Å². The molecule has 0 aromatic carbocycles. The second kappa shape index (κ2) is 6.46. The molecule has 4 heteroatoms. The number of unbranched alkanes of at least 4 members (excludes halogenated alkanes) is 2. The molecule has 0 radical (unpaired) electrons. The SMILES string of the molecule is CCCCC[C@H](OC(C)=O)C(=O)O. The van der Waals surface area contributed by atoms with Gasteiger partial charge in [0.15, 0.2) is 6.10 Å². The van der Waals surface area contributed by atoms with E-state index < -0.39 is 18.0 Å². The van der Waals surface area contributed by atoms with E-state index in [1.807, 2.05) is 6.92 Å². The third-order valence-electron chi connectivity index (χ3n) is 1.65. The van der Waals surface area contributed by atoms with Gasteiger partial charge in [-0.05, 0) is 12.8 Å². The normalized spacial score (nSPS) is 12.2. The molecule has 0 fully saturated rings. The van der Waals surface area contributed by atoms with Gasteiger partial charge in [0.05, 0.1) is 0 Å². The third-order valence-corrected chi connectivity index (χ3v) is 1.65. The van der Waals surface area contributed by atoms with Gasteiger partial charge in [-0.25, -0.2) is 4.79 Å². The van der Waals surface area contributed by atoms with E-state index in [0.717, 1.165) is 19.3 Å². The van der Waals surface area contributed by atoms with Crippen LogP contribution in [0.15, 0.2) is 0 Å². The van der Waals surface area contributed by atoms with Crippen LogP contribution in [-0.2, 0) is 14.3 Å². The Morgan fingerprint density at radius 3 is 2.38 bits per heavy atom. The maximum atomic E-state index is 10.6. The molecule has 0 heterocycles. The van der Waals surface area contributed by atoms with Crippen LogP contribution in [0.5, 0.6) is 0 Å². The van der Waals surface area contributed by atoms with Crippen LogP contribution in [0.25, 0.3) is 0 Å². The molecule has 0 unspecified atom stereocenters. The predicted octanol–water partition coefficient (Wildman–Crippen LogP) is 1.58. The van der Waals surface area contributed by atoms with Gasteiger partial charge >= 0.3 is 11.9 Å². The molecule has 0 rings (SSSR count). The van der Waals surface area contributed by atoms with Crippen LogP contribution >= 0.6 is 0 Å². The monoisotopic (exact) mass is 188 g/mol. The van der Waals surface area contributed by atoms with Crippen molar-refractivity contribution in [3.8, 4) is 0 Å². The largest absolute Gasteiger partial charge is 0.479 e. The molecule has 1 atom stereocenters. The van der Waals surface area contributed by atoms with Crippen LogP contribution in [0.4, 0.5) is 0 Å². The average Bonchev–Trinajstić information content (AvgIpc) is 2.02. The van der Waals surface area contributed by atoms with Crippen molar-refractivity contribution in [2.75, 3.05) is 0 Å². The standard InChI is InChI=1S/C9H16O4/c1-3-4-5-6-8(9(11)12)13-7(2)10/h8H,3-6H2,1-2H3,(H,11,12)/t8-/m0/s1. The van der Waals surface area contributed by atoms with Crippen molar-refractivity contribution in [1.29, 1.82) is 0 Å². The van der Waals surface area contributed by atoms with Gasteiger partial charge in [0, 0.05) is 6.92 Å². The second-order valence-electron chi connectivity index (χ2n) is 2.93. The molecule has 0 bridgehead atoms. The summed E-state index contributed by atoms with van der Waals surface area (Å²) in [7, 11) is 0. The number of hydrogen-bond donors (Lipinski definition) is 1. The third kappa shape index (κ3) is 6.13. The van der Waals surface area contributed by atoms with E-state index in [1.54, 1.807) is 0 Å². The molecular weight excluding hydrogens is 172 g/mol. The zero-order valence-electron chi connectivity index (χ0n) is 8.08. The topological polar surface area (TPSA) is 63.6 Å². The number of carboxylic acid groups (broad SMARTS) is 1. The second-order valence-corrected chi connectivity index (χ2v) is 2.93. The van der Waals surface area contributed by atoms with Gasteiger partial charge in [-0.2, -0.15) is 0 Å². The molecular formula is C9H16O4. The summed E-state index contributed by atoms with van der Waals surface area (Å²) < 4.78 is 4.62. The van der Waals surface area contributed by atoms with E-state index in [0.29, 0.717) is 6.42 Å². The lowest BCUT2D eigenvalue weighted by atomic mass is 10.1. The number of carboxylic acids is 1. The van der Waals surface area contributed by atoms with Crippen molar-refractivity contribution in [3.05, 3.63) is 0 Å². The van der Waals surface area contributed by atoms with E-state index in [-0.39, 0.29) is 0 Å². The number of carbonyl (C=O) groups excluding carboxylic acids is 1. The molecule has 13 heavy (non-hydrogen) atoms. The summed E-state index contributed by atoms with van der Waals surface area (Å²) in [6.45, 7) is 3.25. The smallest absolute Gasteiger partial charge is 0.345 e. The Labute approximate surface area is 77.9 Å². The molecule has 0 saturated heterocycles. The van der Waals surface area contributed by atoms with Crippen molar-refractivity contribution in [2.24, 2.45) is 0 Å². The van der Waals surface area contributed by atoms with E-state index in [9.17, 15) is 9.59 Å². The Bertz CT molecular complexity index is 176. The van der Waals surface area contributed by atoms with Gasteiger partial charge in [-0.1, -0.05) is 19.8 Å². The Hall–Kier alpha value is -1.06. The van der Waals surface area contributed by atoms with Crippen molar-refractivity contribution in [3.63, 3.8) is 0 Å². The first-order valence-corrected chi connectivity index (χ1v) is 4.48. The molecule has 0 spiro atoms. The molecule has 0 saturated carbocycles. The molecule has 0 aliphatic rings. The minimum absolute atomic E-state index is 0.406. The zero-order valence-corrected chi connectivity index (χ0v) is 8.08. The number of hydrogen-bond acceptors (Lipinski definition) is 3. The van der Waals surface area contributed by atoms with E-state index in [1.165, 1.54) is 6.92 Å². The first kappa shape index (κ1) is 11.9. The quantitative estimate of drug-likeness (QED) is 0.507. The number of carbonyl (C=O) groups is 2. The van der Waals surface area contributed by atoms with E-state index >= 15 is 0 Å². The molecule has 1 N–H and O–H groups in total. The molecule has 0 aromatic rings. The summed E-state index contributed by atoms with van der Waals surface area (Å²) in [5.41, 5.74) is 0. The Morgan fingerprint density at radius 1 is 1.38 bits per heavy atom. The maximum Gasteiger partial charge on any atom is 0.345 e. The highest BCUT2D eigenvalue weighted by atomic mass is 16.6. The molecule has 0 amide bonds. The van der Waals surface area contributed by atoms with Crippen molar-refractivity contribution >= 4 is 11.9 Å².